The van der Waals surface area contributed by atoms with E-state index in [0.29, 0.717) is 5.56 Å². The zero-order chi connectivity index (χ0) is 21.9. The number of hydrogen-bond acceptors (Lipinski definition) is 5. The fourth-order valence-electron chi connectivity index (χ4n) is 3.58. The molecule has 0 fully saturated rings. The van der Waals surface area contributed by atoms with Crippen LogP contribution >= 0.6 is 0 Å². The zero-order valence-corrected chi connectivity index (χ0v) is 17.7. The Morgan fingerprint density at radius 2 is 1.60 bits per heavy atom. The van der Waals surface area contributed by atoms with E-state index in [1.165, 1.54) is 32.1 Å². The van der Waals surface area contributed by atoms with Crippen LogP contribution in [-0.4, -0.2) is 19.0 Å². The van der Waals surface area contributed by atoms with Gasteiger partial charge in [0.25, 0.3) is 5.91 Å². The summed E-state index contributed by atoms with van der Waals surface area (Å²) in [5.74, 6) is -0.475. The van der Waals surface area contributed by atoms with Gasteiger partial charge in [-0.05, 0) is 31.0 Å². The van der Waals surface area contributed by atoms with Gasteiger partial charge in [0.05, 0.1) is 16.8 Å². The van der Waals surface area contributed by atoms with Crippen LogP contribution in [0.15, 0.2) is 41.1 Å². The van der Waals surface area contributed by atoms with Gasteiger partial charge in [0.2, 0.25) is 0 Å². The number of carbonyl (C=O) groups is 1. The molecule has 0 aliphatic carbocycles. The molecule has 1 heterocycles. The van der Waals surface area contributed by atoms with Gasteiger partial charge in [-0.15, -0.1) is 0 Å². The molecule has 6 heteroatoms. The van der Waals surface area contributed by atoms with Crippen molar-refractivity contribution in [2.75, 3.05) is 18.0 Å². The van der Waals surface area contributed by atoms with E-state index in [0.717, 1.165) is 25.2 Å². The Morgan fingerprint density at radius 1 is 0.967 bits per heavy atom. The van der Waals surface area contributed by atoms with Gasteiger partial charge in [0.1, 0.15) is 18.2 Å². The smallest absolute Gasteiger partial charge is 0.257 e. The number of rotatable bonds is 10. The zero-order valence-electron chi connectivity index (χ0n) is 17.7. The number of allylic oxidation sites excluding steroid dienone is 2. The summed E-state index contributed by atoms with van der Waals surface area (Å²) in [6, 6.07) is 12.9. The lowest BCUT2D eigenvalue weighted by Gasteiger charge is -2.23. The highest BCUT2D eigenvalue weighted by Crippen LogP contribution is 2.31. The topological polar surface area (TPSA) is 104 Å². The van der Waals surface area contributed by atoms with E-state index in [1.54, 1.807) is 12.1 Å². The standard InChI is InChI=1S/C24H27N5O/c1-3-5-6-7-8-9-14-29(4-2)20-12-10-18(11-13-20)22-21(17-27)23(28-24(22)30)19(15-25)16-26/h10-13H,3-9,14H2,1-2H3,(H,28,30). The first-order chi connectivity index (χ1) is 14.6. The monoisotopic (exact) mass is 401 g/mol. The molecule has 0 saturated carbocycles. The highest BCUT2D eigenvalue weighted by Gasteiger charge is 2.31. The molecule has 0 unspecified atom stereocenters. The minimum absolute atomic E-state index is 0.00941. The average Bonchev–Trinajstić information content (AvgIpc) is 3.10. The highest BCUT2D eigenvalue weighted by atomic mass is 16.2. The number of nitrogens with one attached hydrogen (secondary N) is 1. The number of unbranched alkanes of at least 4 members (excludes halogenated alkanes) is 5. The highest BCUT2D eigenvalue weighted by molar-refractivity contribution is 6.26. The van der Waals surface area contributed by atoms with Crippen molar-refractivity contribution < 1.29 is 4.79 Å². The van der Waals surface area contributed by atoms with Gasteiger partial charge in [0, 0.05) is 18.8 Å². The minimum Gasteiger partial charge on any atom is -0.372 e. The van der Waals surface area contributed by atoms with Crippen LogP contribution in [0.4, 0.5) is 5.69 Å². The quantitative estimate of drug-likeness (QED) is 0.456. The second-order valence-corrected chi connectivity index (χ2v) is 7.18. The number of carbonyl (C=O) groups excluding carboxylic acids is 1. The third-order valence-electron chi connectivity index (χ3n) is 5.24. The largest absolute Gasteiger partial charge is 0.372 e. The number of nitrogens with zero attached hydrogens (tertiary/aromatic N) is 4. The Balaban J connectivity index is 2.18. The molecule has 0 aromatic heterocycles. The molecule has 30 heavy (non-hydrogen) atoms. The number of benzene rings is 1. The molecule has 0 atom stereocenters. The molecule has 2 rings (SSSR count). The van der Waals surface area contributed by atoms with Gasteiger partial charge < -0.3 is 10.2 Å². The maximum Gasteiger partial charge on any atom is 0.257 e. The van der Waals surface area contributed by atoms with Crippen LogP contribution in [0.25, 0.3) is 5.57 Å². The summed E-state index contributed by atoms with van der Waals surface area (Å²) in [6.45, 7) is 6.21. The second kappa shape index (κ2) is 11.4. The number of hydrogen-bond donors (Lipinski definition) is 1. The predicted molar refractivity (Wildman–Crippen MR) is 117 cm³/mol. The summed E-state index contributed by atoms with van der Waals surface area (Å²) in [5, 5.41) is 30.2. The van der Waals surface area contributed by atoms with Crippen LogP contribution in [-0.2, 0) is 4.79 Å². The minimum atomic E-state index is -0.475. The van der Waals surface area contributed by atoms with Crippen LogP contribution in [0.1, 0.15) is 57.9 Å². The van der Waals surface area contributed by atoms with E-state index in [2.05, 4.69) is 24.1 Å². The molecule has 0 radical (unpaired) electrons. The maximum atomic E-state index is 12.4. The van der Waals surface area contributed by atoms with Crippen molar-refractivity contribution in [1.29, 1.82) is 15.8 Å². The van der Waals surface area contributed by atoms with Crippen LogP contribution in [0.2, 0.25) is 0 Å². The lowest BCUT2D eigenvalue weighted by Crippen LogP contribution is -2.23. The first kappa shape index (κ1) is 22.7. The molecular weight excluding hydrogens is 374 g/mol. The molecule has 0 saturated heterocycles. The van der Waals surface area contributed by atoms with Gasteiger partial charge in [-0.25, -0.2) is 0 Å². The molecule has 1 amide bonds. The van der Waals surface area contributed by atoms with Gasteiger partial charge in [-0.1, -0.05) is 51.2 Å². The molecule has 0 spiro atoms. The van der Waals surface area contributed by atoms with E-state index < -0.39 is 5.91 Å². The molecule has 1 aliphatic rings. The lowest BCUT2D eigenvalue weighted by molar-refractivity contribution is -0.114. The summed E-state index contributed by atoms with van der Waals surface area (Å²) >= 11 is 0. The van der Waals surface area contributed by atoms with Gasteiger partial charge in [0.15, 0.2) is 5.57 Å². The summed E-state index contributed by atoms with van der Waals surface area (Å²) in [4.78, 5) is 14.7. The maximum absolute atomic E-state index is 12.4. The van der Waals surface area contributed by atoms with Crippen LogP contribution < -0.4 is 10.2 Å². The van der Waals surface area contributed by atoms with Crippen LogP contribution in [0.5, 0.6) is 0 Å². The van der Waals surface area contributed by atoms with Crippen molar-refractivity contribution in [3.63, 3.8) is 0 Å². The van der Waals surface area contributed by atoms with Gasteiger partial charge in [-0.3, -0.25) is 4.79 Å². The molecule has 1 N–H and O–H groups in total. The molecule has 1 aliphatic heterocycles. The summed E-state index contributed by atoms with van der Waals surface area (Å²) in [5.41, 5.74) is 1.60. The van der Waals surface area contributed by atoms with Crippen LogP contribution in [0.3, 0.4) is 0 Å². The summed E-state index contributed by atoms with van der Waals surface area (Å²) in [7, 11) is 0. The van der Waals surface area contributed by atoms with E-state index in [4.69, 9.17) is 10.5 Å². The van der Waals surface area contributed by atoms with Crippen molar-refractivity contribution in [2.24, 2.45) is 0 Å². The second-order valence-electron chi connectivity index (χ2n) is 7.18. The van der Waals surface area contributed by atoms with E-state index in [-0.39, 0.29) is 22.4 Å². The third kappa shape index (κ3) is 5.28. The molecule has 1 aromatic carbocycles. The fraction of sp³-hybridized carbons (Fsp3) is 0.417. The molecular formula is C24H27N5O. The summed E-state index contributed by atoms with van der Waals surface area (Å²) in [6.07, 6.45) is 7.49. The first-order valence-corrected chi connectivity index (χ1v) is 10.5. The Kier molecular flexibility index (Phi) is 8.67. The molecule has 1 aromatic rings. The van der Waals surface area contributed by atoms with E-state index >= 15 is 0 Å². The number of nitriles is 3. The van der Waals surface area contributed by atoms with E-state index in [9.17, 15) is 10.1 Å². The van der Waals surface area contributed by atoms with Crippen LogP contribution in [0, 0.1) is 34.0 Å². The summed E-state index contributed by atoms with van der Waals surface area (Å²) < 4.78 is 0. The lowest BCUT2D eigenvalue weighted by atomic mass is 9.99. The fourth-order valence-corrected chi connectivity index (χ4v) is 3.58. The van der Waals surface area contributed by atoms with Crippen molar-refractivity contribution in [3.8, 4) is 18.2 Å². The Morgan fingerprint density at radius 3 is 2.17 bits per heavy atom. The molecule has 0 bridgehead atoms. The normalized spacial score (nSPS) is 12.8. The molecule has 154 valence electrons. The van der Waals surface area contributed by atoms with Gasteiger partial charge >= 0.3 is 0 Å². The van der Waals surface area contributed by atoms with E-state index in [1.807, 2.05) is 30.3 Å². The Bertz CT molecular complexity index is 935. The van der Waals surface area contributed by atoms with Crippen molar-refractivity contribution in [3.05, 3.63) is 46.7 Å². The van der Waals surface area contributed by atoms with Crippen molar-refractivity contribution in [1.82, 2.24) is 5.32 Å². The SMILES string of the molecule is CCCCCCCCN(CC)c1ccc(C2=C(C#N)C(=C(C#N)C#N)NC2=O)cc1. The first-order valence-electron chi connectivity index (χ1n) is 10.5. The Hall–Kier alpha value is -3.56. The average molecular weight is 402 g/mol. The van der Waals surface area contributed by atoms with Gasteiger partial charge in [-0.2, -0.15) is 15.8 Å². The van der Waals surface area contributed by atoms with Crippen molar-refractivity contribution in [2.45, 2.75) is 52.4 Å². The Labute approximate surface area is 178 Å². The predicted octanol–water partition coefficient (Wildman–Crippen LogP) is 4.58. The van der Waals surface area contributed by atoms with Crippen molar-refractivity contribution >= 4 is 17.2 Å². The number of anilines is 1. The number of amides is 1. The third-order valence-corrected chi connectivity index (χ3v) is 5.24. The molecule has 6 nitrogen and oxygen atoms in total.